The van der Waals surface area contributed by atoms with E-state index in [-0.39, 0.29) is 23.5 Å². The Morgan fingerprint density at radius 1 is 1.35 bits per heavy atom. The lowest BCUT2D eigenvalue weighted by Gasteiger charge is -2.32. The summed E-state index contributed by atoms with van der Waals surface area (Å²) < 4.78 is 12.1. The first-order valence-electron chi connectivity index (χ1n) is 11.3. The van der Waals surface area contributed by atoms with Gasteiger partial charge in [-0.3, -0.25) is 19.8 Å². The van der Waals surface area contributed by atoms with Gasteiger partial charge in [0.15, 0.2) is 17.0 Å². The Bertz CT molecular complexity index is 1210. The minimum absolute atomic E-state index is 0.0649. The molecular weight excluding hydrogens is 502 g/mol. The smallest absolute Gasteiger partial charge is 0.256 e. The summed E-state index contributed by atoms with van der Waals surface area (Å²) in [6.07, 6.45) is 6.99. The summed E-state index contributed by atoms with van der Waals surface area (Å²) in [5.74, 6) is 2.51. The summed E-state index contributed by atoms with van der Waals surface area (Å²) in [6, 6.07) is 9.61. The van der Waals surface area contributed by atoms with Crippen LogP contribution in [0.5, 0.6) is 11.5 Å². The minimum atomic E-state index is -1.36. The zero-order valence-electron chi connectivity index (χ0n) is 18.6. The van der Waals surface area contributed by atoms with Gasteiger partial charge in [-0.15, -0.1) is 6.42 Å². The van der Waals surface area contributed by atoms with Crippen LogP contribution < -0.4 is 14.8 Å². The van der Waals surface area contributed by atoms with Gasteiger partial charge in [0.1, 0.15) is 6.61 Å². The zero-order chi connectivity index (χ0) is 24.0. The fourth-order valence-corrected chi connectivity index (χ4v) is 6.65. The van der Waals surface area contributed by atoms with Crippen molar-refractivity contribution in [2.24, 2.45) is 0 Å². The van der Waals surface area contributed by atoms with Gasteiger partial charge in [-0.2, -0.15) is 0 Å². The number of terminal acetylenes is 1. The molecule has 8 nitrogen and oxygen atoms in total. The molecule has 3 aliphatic heterocycles. The molecule has 4 atom stereocenters. The lowest BCUT2D eigenvalue weighted by atomic mass is 9.77. The number of hydrogen-bond acceptors (Lipinski definition) is 6. The number of para-hydroxylation sites is 1. The van der Waals surface area contributed by atoms with Crippen molar-refractivity contribution in [2.75, 3.05) is 25.1 Å². The number of carbonyl (C=O) groups excluding carboxylic acids is 1. The van der Waals surface area contributed by atoms with Crippen LogP contribution in [-0.4, -0.2) is 47.6 Å². The van der Waals surface area contributed by atoms with Crippen LogP contribution in [0.25, 0.3) is 0 Å². The highest BCUT2D eigenvalue weighted by atomic mass is 79.9. The highest BCUT2D eigenvalue weighted by Crippen LogP contribution is 2.58. The molecule has 2 fully saturated rings. The molecule has 0 aliphatic carbocycles. The summed E-state index contributed by atoms with van der Waals surface area (Å²) in [5.41, 5.74) is 0.688. The Kier molecular flexibility index (Phi) is 5.74. The number of carbonyl (C=O) groups is 1. The van der Waals surface area contributed by atoms with Crippen LogP contribution in [0, 0.1) is 22.5 Å². The summed E-state index contributed by atoms with van der Waals surface area (Å²) in [5, 5.41) is 15.7. The Balaban J connectivity index is 1.70. The summed E-state index contributed by atoms with van der Waals surface area (Å²) in [6.45, 7) is 2.93. The van der Waals surface area contributed by atoms with Gasteiger partial charge in [0.05, 0.1) is 17.0 Å². The number of halogens is 1. The Hall–Kier alpha value is -3.09. The Morgan fingerprint density at radius 2 is 2.15 bits per heavy atom. The molecule has 2 saturated heterocycles. The van der Waals surface area contributed by atoms with Crippen molar-refractivity contribution in [1.82, 2.24) is 4.90 Å². The summed E-state index contributed by atoms with van der Waals surface area (Å²) >= 11 is 3.55. The van der Waals surface area contributed by atoms with Crippen LogP contribution in [0.1, 0.15) is 36.8 Å². The number of nitro groups is 1. The molecule has 1 amide bonds. The molecule has 34 heavy (non-hydrogen) atoms. The average molecular weight is 526 g/mol. The standard InChI is InChI=1S/C25H24BrN3O5/c1-3-12-34-22-17(26)13-15(14-20(22)33-4-2)21-19-10-7-11-28(19)25(23(21)29(31)32)16-8-5-6-9-18(16)27-24(25)30/h1,5-6,8-9,13-14,19,21,23H,4,7,10-12H2,2H3,(H,27,30)/t19-,21+,23-,25+/m0/s1. The maximum absolute atomic E-state index is 13.6. The van der Waals surface area contributed by atoms with E-state index in [4.69, 9.17) is 15.9 Å². The van der Waals surface area contributed by atoms with Crippen molar-refractivity contribution < 1.29 is 19.2 Å². The second-order valence-corrected chi connectivity index (χ2v) is 9.54. The van der Waals surface area contributed by atoms with Crippen molar-refractivity contribution in [3.8, 4) is 23.8 Å². The van der Waals surface area contributed by atoms with Gasteiger partial charge in [-0.1, -0.05) is 24.1 Å². The van der Waals surface area contributed by atoms with Gasteiger partial charge in [-0.05, 0) is 59.5 Å². The van der Waals surface area contributed by atoms with Gasteiger partial charge >= 0.3 is 0 Å². The molecule has 2 aromatic carbocycles. The molecule has 0 saturated carbocycles. The number of anilines is 1. The first-order valence-corrected chi connectivity index (χ1v) is 12.1. The molecule has 1 N–H and O–H groups in total. The number of nitrogens with one attached hydrogen (secondary N) is 1. The summed E-state index contributed by atoms with van der Waals surface area (Å²) in [7, 11) is 0. The van der Waals surface area contributed by atoms with Crippen molar-refractivity contribution in [2.45, 2.75) is 43.3 Å². The van der Waals surface area contributed by atoms with Crippen molar-refractivity contribution >= 4 is 27.5 Å². The molecule has 3 heterocycles. The number of fused-ring (bicyclic) bond motifs is 4. The second-order valence-electron chi connectivity index (χ2n) is 8.68. The van der Waals surface area contributed by atoms with Gasteiger partial charge < -0.3 is 14.8 Å². The lowest BCUT2D eigenvalue weighted by Crippen LogP contribution is -2.55. The van der Waals surface area contributed by atoms with E-state index in [0.29, 0.717) is 40.4 Å². The highest BCUT2D eigenvalue weighted by molar-refractivity contribution is 9.10. The Labute approximate surface area is 205 Å². The molecule has 176 valence electrons. The minimum Gasteiger partial charge on any atom is -0.490 e. The van der Waals surface area contributed by atoms with Crippen molar-refractivity contribution in [3.63, 3.8) is 0 Å². The predicted molar refractivity (Wildman–Crippen MR) is 130 cm³/mol. The van der Waals surface area contributed by atoms with Gasteiger partial charge in [0.2, 0.25) is 0 Å². The SMILES string of the molecule is C#CCOc1c(Br)cc([C@H]2[C@H]([N+](=O)[O-])[C@]3(C(=O)Nc4ccccc43)N3CCC[C@@H]23)cc1OCC. The molecule has 2 aromatic rings. The average Bonchev–Trinajstić information content (AvgIpc) is 3.46. The molecular formula is C25H24BrN3O5. The molecule has 9 heteroatoms. The fraction of sp³-hybridized carbons (Fsp3) is 0.400. The van der Waals surface area contributed by atoms with Gasteiger partial charge in [0, 0.05) is 28.8 Å². The molecule has 3 aliphatic rings. The fourth-order valence-electron chi connectivity index (χ4n) is 6.07. The van der Waals surface area contributed by atoms with E-state index in [9.17, 15) is 14.9 Å². The number of benzene rings is 2. The first-order chi connectivity index (χ1) is 16.4. The third-order valence-electron chi connectivity index (χ3n) is 7.11. The second kappa shape index (κ2) is 8.60. The number of nitrogens with zero attached hydrogens (tertiary/aromatic N) is 2. The molecule has 0 bridgehead atoms. The van der Waals surface area contributed by atoms with E-state index in [2.05, 4.69) is 32.1 Å². The van der Waals surface area contributed by atoms with Crippen LogP contribution in [0.3, 0.4) is 0 Å². The predicted octanol–water partition coefficient (Wildman–Crippen LogP) is 3.91. The largest absolute Gasteiger partial charge is 0.490 e. The Morgan fingerprint density at radius 3 is 2.88 bits per heavy atom. The number of hydrogen-bond donors (Lipinski definition) is 1. The molecule has 0 unspecified atom stereocenters. The van der Waals surface area contributed by atoms with Crippen LogP contribution in [0.15, 0.2) is 40.9 Å². The topological polar surface area (TPSA) is 93.9 Å². The van der Waals surface area contributed by atoms with E-state index >= 15 is 0 Å². The first kappa shape index (κ1) is 22.7. The summed E-state index contributed by atoms with van der Waals surface area (Å²) in [4.78, 5) is 28.1. The van der Waals surface area contributed by atoms with Crippen molar-refractivity contribution in [1.29, 1.82) is 0 Å². The molecule has 0 aromatic heterocycles. The van der Waals surface area contributed by atoms with Crippen LogP contribution in [-0.2, 0) is 10.3 Å². The van der Waals surface area contributed by atoms with Crippen LogP contribution in [0.2, 0.25) is 0 Å². The highest BCUT2D eigenvalue weighted by Gasteiger charge is 2.73. The van der Waals surface area contributed by atoms with Crippen molar-refractivity contribution in [3.05, 3.63) is 62.1 Å². The number of ether oxygens (including phenoxy) is 2. The third-order valence-corrected chi connectivity index (χ3v) is 7.70. The molecule has 0 radical (unpaired) electrons. The third kappa shape index (κ3) is 3.12. The van der Waals surface area contributed by atoms with E-state index in [1.165, 1.54) is 0 Å². The monoisotopic (exact) mass is 525 g/mol. The molecule has 1 spiro atoms. The lowest BCUT2D eigenvalue weighted by molar-refractivity contribution is -0.534. The van der Waals surface area contributed by atoms with Crippen LogP contribution in [0.4, 0.5) is 5.69 Å². The number of amides is 1. The number of rotatable bonds is 6. The van der Waals surface area contributed by atoms with E-state index < -0.39 is 17.5 Å². The van der Waals surface area contributed by atoms with Gasteiger partial charge in [0.25, 0.3) is 11.9 Å². The maximum atomic E-state index is 13.6. The van der Waals surface area contributed by atoms with E-state index in [0.717, 1.165) is 18.4 Å². The van der Waals surface area contributed by atoms with E-state index in [1.807, 2.05) is 31.2 Å². The van der Waals surface area contributed by atoms with E-state index in [1.54, 1.807) is 12.1 Å². The molecule has 5 rings (SSSR count). The van der Waals surface area contributed by atoms with Gasteiger partial charge in [-0.25, -0.2) is 0 Å². The van der Waals surface area contributed by atoms with Crippen LogP contribution >= 0.6 is 15.9 Å². The quantitative estimate of drug-likeness (QED) is 0.349. The zero-order valence-corrected chi connectivity index (χ0v) is 20.2. The normalized spacial score (nSPS) is 27.2. The maximum Gasteiger partial charge on any atom is 0.256 e.